The monoisotopic (exact) mass is 402 g/mol. The van der Waals surface area contributed by atoms with E-state index in [0.29, 0.717) is 16.7 Å². The van der Waals surface area contributed by atoms with Crippen LogP contribution in [-0.4, -0.2) is 17.1 Å². The van der Waals surface area contributed by atoms with Crippen LogP contribution >= 0.6 is 34.8 Å². The van der Waals surface area contributed by atoms with Gasteiger partial charge in [0.2, 0.25) is 0 Å². The van der Waals surface area contributed by atoms with Gasteiger partial charge in [0.15, 0.2) is 5.11 Å². The van der Waals surface area contributed by atoms with Crippen molar-refractivity contribution in [2.75, 3.05) is 0 Å². The summed E-state index contributed by atoms with van der Waals surface area (Å²) in [6, 6.07) is 6.08. The van der Waals surface area contributed by atoms with Crippen LogP contribution in [0.2, 0.25) is 0 Å². The van der Waals surface area contributed by atoms with Crippen LogP contribution in [0.15, 0.2) is 18.2 Å². The van der Waals surface area contributed by atoms with E-state index in [2.05, 4.69) is 33.2 Å². The van der Waals surface area contributed by atoms with Crippen LogP contribution < -0.4 is 10.6 Å². The van der Waals surface area contributed by atoms with Crippen molar-refractivity contribution < 1.29 is 4.79 Å². The van der Waals surface area contributed by atoms with Crippen LogP contribution in [0.5, 0.6) is 0 Å². The quantitative estimate of drug-likeness (QED) is 0.588. The fourth-order valence-electron chi connectivity index (χ4n) is 2.38. The van der Waals surface area contributed by atoms with Gasteiger partial charge in [-0.1, -0.05) is 25.3 Å². The van der Waals surface area contributed by atoms with Crippen molar-refractivity contribution in [2.45, 2.75) is 45.1 Å². The summed E-state index contributed by atoms with van der Waals surface area (Å²) in [7, 11) is 0. The van der Waals surface area contributed by atoms with Gasteiger partial charge in [-0.2, -0.15) is 0 Å². The van der Waals surface area contributed by atoms with Crippen LogP contribution in [0.3, 0.4) is 0 Å². The number of carbonyl (C=O) groups is 1. The van der Waals surface area contributed by atoms with Gasteiger partial charge in [-0.15, -0.1) is 0 Å². The third kappa shape index (κ3) is 4.41. The molecule has 3 nitrogen and oxygen atoms in total. The molecule has 0 aromatic heterocycles. The maximum atomic E-state index is 12.1. The lowest BCUT2D eigenvalue weighted by Gasteiger charge is -2.24. The van der Waals surface area contributed by atoms with Crippen LogP contribution in [0.25, 0.3) is 0 Å². The fraction of sp³-hybridized carbons (Fsp3) is 0.467. The molecule has 5 heteroatoms. The Labute approximate surface area is 139 Å². The maximum Gasteiger partial charge on any atom is 0.257 e. The summed E-state index contributed by atoms with van der Waals surface area (Å²) in [5.74, 6) is -0.142. The van der Waals surface area contributed by atoms with Gasteiger partial charge in [0.1, 0.15) is 0 Å². The number of carbonyl (C=O) groups excluding carboxylic acids is 1. The lowest BCUT2D eigenvalue weighted by Crippen LogP contribution is -2.45. The zero-order valence-corrected chi connectivity index (χ0v) is 14.5. The first-order chi connectivity index (χ1) is 9.56. The average Bonchev–Trinajstić information content (AvgIpc) is 2.42. The Morgan fingerprint density at radius 2 is 2.00 bits per heavy atom. The number of rotatable bonds is 2. The number of nitrogens with one attached hydrogen (secondary N) is 2. The molecule has 0 spiro atoms. The van der Waals surface area contributed by atoms with Gasteiger partial charge in [-0.3, -0.25) is 10.1 Å². The van der Waals surface area contributed by atoms with Crippen LogP contribution in [-0.2, 0) is 0 Å². The van der Waals surface area contributed by atoms with Crippen molar-refractivity contribution in [3.05, 3.63) is 32.9 Å². The molecule has 1 fully saturated rings. The number of thiocarbonyl (C=S) groups is 1. The summed E-state index contributed by atoms with van der Waals surface area (Å²) in [4.78, 5) is 12.1. The zero-order valence-electron chi connectivity index (χ0n) is 11.5. The van der Waals surface area contributed by atoms with Gasteiger partial charge >= 0.3 is 0 Å². The Kier molecular flexibility index (Phi) is 5.77. The number of amides is 1. The van der Waals surface area contributed by atoms with E-state index in [9.17, 15) is 4.79 Å². The van der Waals surface area contributed by atoms with Gasteiger partial charge in [0.25, 0.3) is 5.91 Å². The molecule has 108 valence electrons. The van der Waals surface area contributed by atoms with E-state index in [1.54, 1.807) is 0 Å². The van der Waals surface area contributed by atoms with Gasteiger partial charge in [-0.25, -0.2) is 0 Å². The topological polar surface area (TPSA) is 41.1 Å². The van der Waals surface area contributed by atoms with Crippen molar-refractivity contribution in [1.82, 2.24) is 10.6 Å². The van der Waals surface area contributed by atoms with Crippen molar-refractivity contribution in [3.8, 4) is 0 Å². The Bertz CT molecular complexity index is 513. The number of hydrogen-bond acceptors (Lipinski definition) is 2. The van der Waals surface area contributed by atoms with Crippen LogP contribution in [0.4, 0.5) is 0 Å². The van der Waals surface area contributed by atoms with Gasteiger partial charge in [-0.05, 0) is 72.3 Å². The van der Waals surface area contributed by atoms with E-state index in [1.165, 1.54) is 24.8 Å². The number of hydrogen-bond donors (Lipinski definition) is 2. The van der Waals surface area contributed by atoms with E-state index in [4.69, 9.17) is 12.2 Å². The van der Waals surface area contributed by atoms with Crippen molar-refractivity contribution >= 4 is 45.8 Å². The second kappa shape index (κ2) is 7.36. The molecule has 20 heavy (non-hydrogen) atoms. The lowest BCUT2D eigenvalue weighted by atomic mass is 9.96. The van der Waals surface area contributed by atoms with Crippen molar-refractivity contribution in [1.29, 1.82) is 0 Å². The second-order valence-electron chi connectivity index (χ2n) is 5.23. The Hall–Kier alpha value is -0.690. The molecule has 0 heterocycles. The molecule has 1 aliphatic carbocycles. The van der Waals surface area contributed by atoms with Crippen LogP contribution in [0.1, 0.15) is 48.0 Å². The highest BCUT2D eigenvalue weighted by Crippen LogP contribution is 2.17. The van der Waals surface area contributed by atoms with E-state index in [-0.39, 0.29) is 5.91 Å². The molecular weight excluding hydrogens is 383 g/mol. The third-order valence-electron chi connectivity index (χ3n) is 3.60. The Morgan fingerprint density at radius 3 is 2.65 bits per heavy atom. The minimum Gasteiger partial charge on any atom is -0.360 e. The highest BCUT2D eigenvalue weighted by molar-refractivity contribution is 14.1. The average molecular weight is 402 g/mol. The highest BCUT2D eigenvalue weighted by atomic mass is 127. The summed E-state index contributed by atoms with van der Waals surface area (Å²) in [6.45, 7) is 2.03. The predicted molar refractivity (Wildman–Crippen MR) is 94.0 cm³/mol. The molecule has 0 atom stereocenters. The third-order valence-corrected chi connectivity index (χ3v) is 4.98. The van der Waals surface area contributed by atoms with E-state index in [0.717, 1.165) is 16.4 Å². The van der Waals surface area contributed by atoms with Crippen molar-refractivity contribution in [2.24, 2.45) is 0 Å². The SMILES string of the molecule is Cc1ccc(C(=O)NC(=S)NC2CCCCC2)cc1I. The van der Waals surface area contributed by atoms with E-state index >= 15 is 0 Å². The molecule has 1 aromatic rings. The zero-order chi connectivity index (χ0) is 14.5. The predicted octanol–water partition coefficient (Wildman–Crippen LogP) is 3.54. The molecule has 2 rings (SSSR count). The minimum atomic E-state index is -0.142. The Morgan fingerprint density at radius 1 is 1.30 bits per heavy atom. The van der Waals surface area contributed by atoms with Gasteiger partial charge in [0, 0.05) is 15.2 Å². The minimum absolute atomic E-state index is 0.142. The lowest BCUT2D eigenvalue weighted by molar-refractivity contribution is 0.0976. The van der Waals surface area contributed by atoms with E-state index < -0.39 is 0 Å². The number of halogens is 1. The first-order valence-corrected chi connectivity index (χ1v) is 8.43. The summed E-state index contributed by atoms with van der Waals surface area (Å²) < 4.78 is 1.08. The molecule has 0 bridgehead atoms. The number of benzene rings is 1. The van der Waals surface area contributed by atoms with Crippen LogP contribution in [0, 0.1) is 10.5 Å². The largest absolute Gasteiger partial charge is 0.360 e. The molecular formula is C15H19IN2OS. The molecule has 1 aromatic carbocycles. The fourth-order valence-corrected chi connectivity index (χ4v) is 3.15. The summed E-state index contributed by atoms with van der Waals surface area (Å²) in [5, 5.41) is 6.45. The standard InChI is InChI=1S/C15H19IN2OS/c1-10-7-8-11(9-13(10)16)14(19)18-15(20)17-12-5-3-2-4-6-12/h7-9,12H,2-6H2,1H3,(H2,17,18,19,20). The van der Waals surface area contributed by atoms with Crippen molar-refractivity contribution in [3.63, 3.8) is 0 Å². The summed E-state index contributed by atoms with van der Waals surface area (Å²) >= 11 is 7.46. The molecule has 0 radical (unpaired) electrons. The molecule has 1 aliphatic rings. The Balaban J connectivity index is 1.89. The summed E-state index contributed by atoms with van der Waals surface area (Å²) in [6.07, 6.45) is 6.06. The number of aryl methyl sites for hydroxylation is 1. The molecule has 0 aliphatic heterocycles. The first-order valence-electron chi connectivity index (χ1n) is 6.94. The second-order valence-corrected chi connectivity index (χ2v) is 6.80. The molecule has 1 amide bonds. The van der Waals surface area contributed by atoms with Gasteiger partial charge < -0.3 is 5.32 Å². The van der Waals surface area contributed by atoms with Gasteiger partial charge in [0.05, 0.1) is 0 Å². The smallest absolute Gasteiger partial charge is 0.257 e. The maximum absolute atomic E-state index is 12.1. The summed E-state index contributed by atoms with van der Waals surface area (Å²) in [5.41, 5.74) is 1.82. The molecule has 0 saturated heterocycles. The molecule has 0 unspecified atom stereocenters. The normalized spacial score (nSPS) is 15.7. The highest BCUT2D eigenvalue weighted by Gasteiger charge is 2.15. The first kappa shape index (κ1) is 15.7. The molecule has 2 N–H and O–H groups in total. The van der Waals surface area contributed by atoms with E-state index in [1.807, 2.05) is 25.1 Å². The molecule has 1 saturated carbocycles.